The van der Waals surface area contributed by atoms with E-state index in [1.165, 1.54) is 36.4 Å². The summed E-state index contributed by atoms with van der Waals surface area (Å²) in [6, 6.07) is 19.3. The maximum absolute atomic E-state index is 14.7. The van der Waals surface area contributed by atoms with Crippen LogP contribution in [0.2, 0.25) is 0 Å². The molecule has 1 fully saturated rings. The molecule has 1 aliphatic carbocycles. The van der Waals surface area contributed by atoms with Crippen molar-refractivity contribution in [3.8, 4) is 16.9 Å². The van der Waals surface area contributed by atoms with Crippen LogP contribution in [0.4, 0.5) is 14.5 Å². The number of aromatic nitrogens is 1. The van der Waals surface area contributed by atoms with Gasteiger partial charge in [0.05, 0.1) is 0 Å². The number of nitrogens with zero attached hydrogens (tertiary/aromatic N) is 1. The van der Waals surface area contributed by atoms with E-state index in [2.05, 4.69) is 5.32 Å². The summed E-state index contributed by atoms with van der Waals surface area (Å²) in [5.74, 6) is -1.63. The Bertz CT molecular complexity index is 1480. The van der Waals surface area contributed by atoms with Crippen LogP contribution in [0, 0.1) is 18.6 Å². The van der Waals surface area contributed by atoms with Gasteiger partial charge in [-0.2, -0.15) is 0 Å². The van der Waals surface area contributed by atoms with E-state index < -0.39 is 23.0 Å². The monoisotopic (exact) mass is 486 g/mol. The lowest BCUT2D eigenvalue weighted by atomic mass is 10.0. The van der Waals surface area contributed by atoms with Gasteiger partial charge in [-0.3, -0.25) is 9.59 Å². The number of pyridine rings is 1. The van der Waals surface area contributed by atoms with Gasteiger partial charge in [0.15, 0.2) is 11.6 Å². The molecule has 3 aromatic carbocycles. The molecule has 1 aliphatic rings. The largest absolute Gasteiger partial charge is 0.486 e. The summed E-state index contributed by atoms with van der Waals surface area (Å²) in [5, 5.41) is 2.63. The molecule has 0 spiro atoms. The minimum Gasteiger partial charge on any atom is -0.486 e. The average Bonchev–Trinajstić information content (AvgIpc) is 3.71. The van der Waals surface area contributed by atoms with Crippen molar-refractivity contribution < 1.29 is 18.3 Å². The third kappa shape index (κ3) is 4.91. The number of anilines is 1. The minimum absolute atomic E-state index is 0.0573. The number of carbonyl (C=O) groups excluding carboxylic acids is 1. The number of hydrogen-bond donors (Lipinski definition) is 1. The molecule has 0 atom stereocenters. The van der Waals surface area contributed by atoms with Gasteiger partial charge in [0.2, 0.25) is 5.43 Å². The van der Waals surface area contributed by atoms with E-state index in [1.807, 2.05) is 41.8 Å². The zero-order valence-corrected chi connectivity index (χ0v) is 19.6. The highest BCUT2D eigenvalue weighted by Crippen LogP contribution is 2.37. The van der Waals surface area contributed by atoms with Crippen LogP contribution >= 0.6 is 0 Å². The molecule has 0 saturated heterocycles. The van der Waals surface area contributed by atoms with Gasteiger partial charge in [0.1, 0.15) is 18.0 Å². The van der Waals surface area contributed by atoms with Gasteiger partial charge in [-0.15, -0.1) is 0 Å². The Morgan fingerprint density at radius 2 is 1.75 bits per heavy atom. The van der Waals surface area contributed by atoms with Crippen LogP contribution in [-0.4, -0.2) is 10.5 Å². The smallest absolute Gasteiger partial charge is 0.261 e. The van der Waals surface area contributed by atoms with Gasteiger partial charge in [0.25, 0.3) is 5.91 Å². The van der Waals surface area contributed by atoms with Gasteiger partial charge in [0, 0.05) is 35.2 Å². The first-order chi connectivity index (χ1) is 17.4. The fourth-order valence-corrected chi connectivity index (χ4v) is 4.20. The van der Waals surface area contributed by atoms with Crippen molar-refractivity contribution in [3.05, 3.63) is 118 Å². The molecule has 4 aromatic rings. The molecule has 36 heavy (non-hydrogen) atoms. The molecule has 0 unspecified atom stereocenters. The van der Waals surface area contributed by atoms with E-state index in [1.54, 1.807) is 6.20 Å². The van der Waals surface area contributed by atoms with E-state index in [4.69, 9.17) is 4.74 Å². The maximum Gasteiger partial charge on any atom is 0.261 e. The van der Waals surface area contributed by atoms with Gasteiger partial charge in [-0.05, 0) is 55.2 Å². The Morgan fingerprint density at radius 1 is 1.03 bits per heavy atom. The number of hydrogen-bond acceptors (Lipinski definition) is 3. The highest BCUT2D eigenvalue weighted by atomic mass is 19.1. The highest BCUT2D eigenvalue weighted by Gasteiger charge is 2.28. The number of ether oxygens (including phenoxy) is 1. The van der Waals surface area contributed by atoms with Crippen molar-refractivity contribution in [2.75, 3.05) is 5.32 Å². The van der Waals surface area contributed by atoms with Crippen LogP contribution in [-0.2, 0) is 6.61 Å². The Balaban J connectivity index is 1.41. The van der Waals surface area contributed by atoms with Gasteiger partial charge in [-0.25, -0.2) is 8.78 Å². The Hall–Kier alpha value is -4.26. The van der Waals surface area contributed by atoms with Crippen molar-refractivity contribution >= 4 is 11.6 Å². The number of carbonyl (C=O) groups is 1. The molecule has 7 heteroatoms. The fourth-order valence-electron chi connectivity index (χ4n) is 4.20. The summed E-state index contributed by atoms with van der Waals surface area (Å²) in [7, 11) is 0. The SMILES string of the molecule is Cc1c(-c2ccc(F)cc2)c(=O)c(C(=O)Nc2ccc(OCc3ccccc3)c(F)c2)cn1C1CC1. The quantitative estimate of drug-likeness (QED) is 0.335. The molecular formula is C29H24F2N2O3. The predicted octanol–water partition coefficient (Wildman–Crippen LogP) is 6.27. The summed E-state index contributed by atoms with van der Waals surface area (Å²) in [5.41, 5.74) is 2.19. The number of nitrogens with one attached hydrogen (secondary N) is 1. The van der Waals surface area contributed by atoms with Gasteiger partial charge < -0.3 is 14.6 Å². The number of halogens is 2. The summed E-state index contributed by atoms with van der Waals surface area (Å²) in [4.78, 5) is 26.5. The first-order valence-electron chi connectivity index (χ1n) is 11.7. The predicted molar refractivity (Wildman–Crippen MR) is 134 cm³/mol. The first-order valence-corrected chi connectivity index (χ1v) is 11.7. The summed E-state index contributed by atoms with van der Waals surface area (Å²) in [6.45, 7) is 2.03. The first kappa shape index (κ1) is 23.5. The van der Waals surface area contributed by atoms with Crippen LogP contribution in [0.5, 0.6) is 5.75 Å². The van der Waals surface area contributed by atoms with E-state index in [0.29, 0.717) is 11.1 Å². The molecular weight excluding hydrogens is 462 g/mol. The zero-order valence-electron chi connectivity index (χ0n) is 19.6. The van der Waals surface area contributed by atoms with Crippen LogP contribution in [0.25, 0.3) is 11.1 Å². The Kier molecular flexibility index (Phi) is 6.38. The normalized spacial score (nSPS) is 12.9. The van der Waals surface area contributed by atoms with Crippen LogP contribution in [0.1, 0.15) is 40.5 Å². The third-order valence-corrected chi connectivity index (χ3v) is 6.23. The fraction of sp³-hybridized carbons (Fsp3) is 0.172. The average molecular weight is 487 g/mol. The van der Waals surface area contributed by atoms with Gasteiger partial charge >= 0.3 is 0 Å². The second-order valence-electron chi connectivity index (χ2n) is 8.85. The van der Waals surface area contributed by atoms with E-state index in [-0.39, 0.29) is 29.6 Å². The van der Waals surface area contributed by atoms with Crippen molar-refractivity contribution in [1.29, 1.82) is 0 Å². The molecule has 1 aromatic heterocycles. The molecule has 1 heterocycles. The summed E-state index contributed by atoms with van der Waals surface area (Å²) in [6.07, 6.45) is 3.46. The van der Waals surface area contributed by atoms with Crippen molar-refractivity contribution in [1.82, 2.24) is 4.57 Å². The lowest BCUT2D eigenvalue weighted by molar-refractivity contribution is 0.102. The molecule has 0 radical (unpaired) electrons. The van der Waals surface area contributed by atoms with Gasteiger partial charge in [-0.1, -0.05) is 42.5 Å². The highest BCUT2D eigenvalue weighted by molar-refractivity contribution is 6.04. The number of benzene rings is 3. The third-order valence-electron chi connectivity index (χ3n) is 6.23. The Morgan fingerprint density at radius 3 is 2.42 bits per heavy atom. The van der Waals surface area contributed by atoms with E-state index in [0.717, 1.165) is 30.2 Å². The lowest BCUT2D eigenvalue weighted by Crippen LogP contribution is -2.26. The molecule has 5 nitrogen and oxygen atoms in total. The standard InChI is InChI=1S/C29H24F2N2O3/c1-18-27(20-7-9-21(30)10-8-20)28(34)24(16-33(18)23-12-13-23)29(35)32-22-11-14-26(25(31)15-22)36-17-19-5-3-2-4-6-19/h2-11,14-16,23H,12-13,17H2,1H3,(H,32,35). The van der Waals surface area contributed by atoms with Crippen molar-refractivity contribution in [2.24, 2.45) is 0 Å². The Labute approximate surface area is 207 Å². The molecule has 0 bridgehead atoms. The zero-order chi connectivity index (χ0) is 25.2. The molecule has 1 amide bonds. The molecule has 5 rings (SSSR count). The van der Waals surface area contributed by atoms with Crippen LogP contribution < -0.4 is 15.5 Å². The topological polar surface area (TPSA) is 60.3 Å². The van der Waals surface area contributed by atoms with Crippen molar-refractivity contribution in [2.45, 2.75) is 32.4 Å². The molecule has 1 N–H and O–H groups in total. The molecule has 182 valence electrons. The second-order valence-corrected chi connectivity index (χ2v) is 8.85. The van der Waals surface area contributed by atoms with Crippen LogP contribution in [0.3, 0.4) is 0 Å². The molecule has 1 saturated carbocycles. The van der Waals surface area contributed by atoms with E-state index >= 15 is 0 Å². The summed E-state index contributed by atoms with van der Waals surface area (Å²) < 4.78 is 35.6. The molecule has 0 aliphatic heterocycles. The maximum atomic E-state index is 14.7. The number of amides is 1. The van der Waals surface area contributed by atoms with Crippen LogP contribution in [0.15, 0.2) is 83.8 Å². The number of rotatable bonds is 7. The lowest BCUT2D eigenvalue weighted by Gasteiger charge is -2.17. The van der Waals surface area contributed by atoms with Crippen molar-refractivity contribution in [3.63, 3.8) is 0 Å². The minimum atomic E-state index is -0.643. The van der Waals surface area contributed by atoms with E-state index in [9.17, 15) is 18.4 Å². The summed E-state index contributed by atoms with van der Waals surface area (Å²) >= 11 is 0. The second kappa shape index (κ2) is 9.77.